The van der Waals surface area contributed by atoms with Gasteiger partial charge in [0.2, 0.25) is 0 Å². The lowest BCUT2D eigenvalue weighted by atomic mass is 10.0. The predicted molar refractivity (Wildman–Crippen MR) is 76.1 cm³/mol. The SMILES string of the molecule is NNC(=O)c1nc(C2CC2)ncc1-c1ccccc1Cl. The molecule has 1 heterocycles. The van der Waals surface area contributed by atoms with E-state index in [2.05, 4.69) is 15.4 Å². The van der Waals surface area contributed by atoms with E-state index in [9.17, 15) is 4.79 Å². The van der Waals surface area contributed by atoms with Crippen molar-refractivity contribution in [3.8, 4) is 11.1 Å². The minimum absolute atomic E-state index is 0.262. The summed E-state index contributed by atoms with van der Waals surface area (Å²) in [6.07, 6.45) is 3.77. The Morgan fingerprint density at radius 1 is 1.30 bits per heavy atom. The number of hydrazine groups is 1. The van der Waals surface area contributed by atoms with Crippen molar-refractivity contribution in [1.29, 1.82) is 0 Å². The summed E-state index contributed by atoms with van der Waals surface area (Å²) < 4.78 is 0. The molecule has 2 aromatic rings. The molecule has 5 nitrogen and oxygen atoms in total. The third-order valence-corrected chi connectivity index (χ3v) is 3.59. The minimum Gasteiger partial charge on any atom is -0.289 e. The molecule has 1 saturated carbocycles. The number of carbonyl (C=O) groups excluding carboxylic acids is 1. The number of nitrogens with zero attached hydrogens (tertiary/aromatic N) is 2. The number of hydrogen-bond acceptors (Lipinski definition) is 4. The zero-order chi connectivity index (χ0) is 14.1. The molecule has 1 fully saturated rings. The number of rotatable bonds is 3. The molecule has 1 aliphatic rings. The number of nitrogens with two attached hydrogens (primary N) is 1. The largest absolute Gasteiger partial charge is 0.289 e. The van der Waals surface area contributed by atoms with Gasteiger partial charge in [-0.25, -0.2) is 15.8 Å². The lowest BCUT2D eigenvalue weighted by Gasteiger charge is -2.10. The summed E-state index contributed by atoms with van der Waals surface area (Å²) in [5, 5.41) is 0.543. The van der Waals surface area contributed by atoms with Crippen LogP contribution in [-0.2, 0) is 0 Å². The van der Waals surface area contributed by atoms with Gasteiger partial charge in [0.05, 0.1) is 0 Å². The molecule has 0 unspecified atom stereocenters. The Labute approximate surface area is 121 Å². The van der Waals surface area contributed by atoms with Crippen molar-refractivity contribution in [2.75, 3.05) is 0 Å². The summed E-state index contributed by atoms with van der Waals surface area (Å²) in [4.78, 5) is 20.7. The average molecular weight is 289 g/mol. The molecule has 6 heteroatoms. The fraction of sp³-hybridized carbons (Fsp3) is 0.214. The number of nitrogens with one attached hydrogen (secondary N) is 1. The summed E-state index contributed by atoms with van der Waals surface area (Å²) in [5.41, 5.74) is 3.69. The number of aromatic nitrogens is 2. The predicted octanol–water partition coefficient (Wildman–Crippen LogP) is 2.28. The Kier molecular flexibility index (Phi) is 3.38. The van der Waals surface area contributed by atoms with Crippen LogP contribution in [-0.4, -0.2) is 15.9 Å². The quantitative estimate of drug-likeness (QED) is 0.516. The smallest absolute Gasteiger partial charge is 0.284 e. The molecule has 0 bridgehead atoms. The van der Waals surface area contributed by atoms with Crippen LogP contribution in [0.4, 0.5) is 0 Å². The van der Waals surface area contributed by atoms with E-state index in [0.717, 1.165) is 18.4 Å². The maximum atomic E-state index is 11.9. The van der Waals surface area contributed by atoms with E-state index in [1.165, 1.54) is 0 Å². The number of hydrogen-bond donors (Lipinski definition) is 2. The van der Waals surface area contributed by atoms with Crippen LogP contribution in [0.3, 0.4) is 0 Å². The van der Waals surface area contributed by atoms with Crippen LogP contribution < -0.4 is 11.3 Å². The van der Waals surface area contributed by atoms with Crippen molar-refractivity contribution in [1.82, 2.24) is 15.4 Å². The number of carbonyl (C=O) groups is 1. The number of benzene rings is 1. The van der Waals surface area contributed by atoms with Crippen LogP contribution in [0.1, 0.15) is 35.1 Å². The van der Waals surface area contributed by atoms with Crippen molar-refractivity contribution >= 4 is 17.5 Å². The standard InChI is InChI=1S/C14H13ClN4O/c15-11-4-2-1-3-9(11)10-7-17-13(8-5-6-8)18-12(10)14(20)19-16/h1-4,7-8H,5-6,16H2,(H,19,20). The van der Waals surface area contributed by atoms with E-state index in [-0.39, 0.29) is 5.69 Å². The normalized spacial score (nSPS) is 14.1. The van der Waals surface area contributed by atoms with E-state index in [0.29, 0.717) is 22.3 Å². The molecule has 1 amide bonds. The van der Waals surface area contributed by atoms with Gasteiger partial charge in [0.1, 0.15) is 11.5 Å². The zero-order valence-corrected chi connectivity index (χ0v) is 11.4. The molecule has 0 radical (unpaired) electrons. The molecule has 1 aromatic heterocycles. The highest BCUT2D eigenvalue weighted by atomic mass is 35.5. The molecule has 3 rings (SSSR count). The number of amides is 1. The lowest BCUT2D eigenvalue weighted by Crippen LogP contribution is -2.31. The molecule has 20 heavy (non-hydrogen) atoms. The number of nitrogen functional groups attached to an aromatic ring is 1. The van der Waals surface area contributed by atoms with E-state index in [1.807, 2.05) is 18.2 Å². The summed E-state index contributed by atoms with van der Waals surface area (Å²) in [7, 11) is 0. The summed E-state index contributed by atoms with van der Waals surface area (Å²) in [6, 6.07) is 7.26. The van der Waals surface area contributed by atoms with E-state index in [1.54, 1.807) is 12.3 Å². The molecule has 0 aliphatic heterocycles. The lowest BCUT2D eigenvalue weighted by molar-refractivity contribution is 0.0949. The zero-order valence-electron chi connectivity index (χ0n) is 10.6. The van der Waals surface area contributed by atoms with E-state index < -0.39 is 5.91 Å². The van der Waals surface area contributed by atoms with Crippen LogP contribution in [0.5, 0.6) is 0 Å². The summed E-state index contributed by atoms with van der Waals surface area (Å²) in [5.74, 6) is 5.85. The van der Waals surface area contributed by atoms with Crippen LogP contribution in [0.2, 0.25) is 5.02 Å². The van der Waals surface area contributed by atoms with Gasteiger partial charge in [-0.3, -0.25) is 10.2 Å². The third kappa shape index (κ3) is 2.37. The van der Waals surface area contributed by atoms with Crippen LogP contribution in [0.15, 0.2) is 30.5 Å². The van der Waals surface area contributed by atoms with Gasteiger partial charge in [-0.1, -0.05) is 29.8 Å². The molecule has 0 saturated heterocycles. The minimum atomic E-state index is -0.441. The topological polar surface area (TPSA) is 80.9 Å². The first-order valence-corrected chi connectivity index (χ1v) is 6.71. The van der Waals surface area contributed by atoms with Gasteiger partial charge in [0.15, 0.2) is 0 Å². The first kappa shape index (κ1) is 13.0. The van der Waals surface area contributed by atoms with Crippen molar-refractivity contribution in [2.45, 2.75) is 18.8 Å². The van der Waals surface area contributed by atoms with Gasteiger partial charge in [0, 0.05) is 28.3 Å². The van der Waals surface area contributed by atoms with Crippen molar-refractivity contribution < 1.29 is 4.79 Å². The Hall–Kier alpha value is -1.98. The van der Waals surface area contributed by atoms with Gasteiger partial charge in [0.25, 0.3) is 5.91 Å². The molecule has 1 aromatic carbocycles. The Morgan fingerprint density at radius 2 is 2.05 bits per heavy atom. The Bertz CT molecular complexity index is 670. The molecule has 102 valence electrons. The molecule has 1 aliphatic carbocycles. The van der Waals surface area contributed by atoms with Gasteiger partial charge in [-0.2, -0.15) is 0 Å². The van der Waals surface area contributed by atoms with Crippen LogP contribution >= 0.6 is 11.6 Å². The van der Waals surface area contributed by atoms with E-state index in [4.69, 9.17) is 17.4 Å². The second-order valence-corrected chi connectivity index (χ2v) is 5.13. The first-order valence-electron chi connectivity index (χ1n) is 6.33. The molecule has 0 atom stereocenters. The average Bonchev–Trinajstić information content (AvgIpc) is 3.31. The van der Waals surface area contributed by atoms with Crippen molar-refractivity contribution in [2.24, 2.45) is 5.84 Å². The first-order chi connectivity index (χ1) is 9.70. The Morgan fingerprint density at radius 3 is 2.70 bits per heavy atom. The Balaban J connectivity index is 2.14. The van der Waals surface area contributed by atoms with Gasteiger partial charge in [-0.15, -0.1) is 0 Å². The fourth-order valence-electron chi connectivity index (χ4n) is 2.05. The molecule has 0 spiro atoms. The van der Waals surface area contributed by atoms with Crippen molar-refractivity contribution in [3.05, 3.63) is 47.0 Å². The van der Waals surface area contributed by atoms with Crippen LogP contribution in [0.25, 0.3) is 11.1 Å². The monoisotopic (exact) mass is 288 g/mol. The summed E-state index contributed by atoms with van der Waals surface area (Å²) in [6.45, 7) is 0. The summed E-state index contributed by atoms with van der Waals surface area (Å²) >= 11 is 6.17. The van der Waals surface area contributed by atoms with Gasteiger partial charge >= 0.3 is 0 Å². The highest BCUT2D eigenvalue weighted by molar-refractivity contribution is 6.33. The van der Waals surface area contributed by atoms with Crippen LogP contribution in [0, 0.1) is 0 Å². The number of halogens is 1. The molecular weight excluding hydrogens is 276 g/mol. The second-order valence-electron chi connectivity index (χ2n) is 4.72. The third-order valence-electron chi connectivity index (χ3n) is 3.26. The van der Waals surface area contributed by atoms with Gasteiger partial charge in [-0.05, 0) is 18.9 Å². The molecular formula is C14H13ClN4O. The van der Waals surface area contributed by atoms with Gasteiger partial charge < -0.3 is 0 Å². The second kappa shape index (κ2) is 5.19. The molecule has 3 N–H and O–H groups in total. The van der Waals surface area contributed by atoms with Crippen molar-refractivity contribution in [3.63, 3.8) is 0 Å². The highest BCUT2D eigenvalue weighted by Crippen LogP contribution is 2.39. The van der Waals surface area contributed by atoms with E-state index >= 15 is 0 Å². The highest BCUT2D eigenvalue weighted by Gasteiger charge is 2.28. The maximum Gasteiger partial charge on any atom is 0.284 e. The fourth-order valence-corrected chi connectivity index (χ4v) is 2.29. The maximum absolute atomic E-state index is 11.9.